The summed E-state index contributed by atoms with van der Waals surface area (Å²) in [4.78, 5) is 0. The first kappa shape index (κ1) is 10.7. The third-order valence-electron chi connectivity index (χ3n) is 2.21. The minimum Gasteiger partial charge on any atom is -0.375 e. The highest BCUT2D eigenvalue weighted by molar-refractivity contribution is 7.11. The van der Waals surface area contributed by atoms with Crippen LogP contribution in [0.3, 0.4) is 0 Å². The van der Waals surface area contributed by atoms with E-state index in [2.05, 4.69) is 15.8 Å². The zero-order valence-electron chi connectivity index (χ0n) is 8.53. The Morgan fingerprint density at radius 2 is 2.27 bits per heavy atom. The van der Waals surface area contributed by atoms with Crippen molar-refractivity contribution in [2.75, 3.05) is 11.9 Å². The van der Waals surface area contributed by atoms with Crippen LogP contribution in [0.2, 0.25) is 0 Å². The fraction of sp³-hybridized carbons (Fsp3) is 0.364. The predicted molar refractivity (Wildman–Crippen MR) is 68.0 cm³/mol. The van der Waals surface area contributed by atoms with E-state index in [-0.39, 0.29) is 5.38 Å². The zero-order valence-corrected chi connectivity index (χ0v) is 10.1. The summed E-state index contributed by atoms with van der Waals surface area (Å²) in [7, 11) is 0. The Labute approximate surface area is 98.4 Å². The van der Waals surface area contributed by atoms with Gasteiger partial charge >= 0.3 is 0 Å². The Kier molecular flexibility index (Phi) is 3.44. The highest BCUT2D eigenvalue weighted by atomic mass is 35.5. The molecule has 1 heterocycles. The third kappa shape index (κ3) is 2.61. The van der Waals surface area contributed by atoms with Crippen molar-refractivity contribution in [3.63, 3.8) is 0 Å². The summed E-state index contributed by atoms with van der Waals surface area (Å²) in [6.07, 6.45) is 0.966. The molecule has 2 rings (SSSR count). The number of halogens is 1. The Morgan fingerprint density at radius 3 is 3.07 bits per heavy atom. The van der Waals surface area contributed by atoms with Gasteiger partial charge in [0.1, 0.15) is 5.00 Å². The van der Waals surface area contributed by atoms with E-state index in [1.807, 2.05) is 25.1 Å². The van der Waals surface area contributed by atoms with E-state index in [9.17, 15) is 0 Å². The third-order valence-corrected chi connectivity index (χ3v) is 3.26. The number of benzene rings is 1. The molecular weight excluding hydrogens is 228 g/mol. The largest absolute Gasteiger partial charge is 0.375 e. The first-order valence-electron chi connectivity index (χ1n) is 5.00. The van der Waals surface area contributed by atoms with Crippen LogP contribution in [0.5, 0.6) is 0 Å². The quantitative estimate of drug-likeness (QED) is 0.824. The van der Waals surface area contributed by atoms with E-state index in [0.717, 1.165) is 23.5 Å². The maximum atomic E-state index is 5.88. The number of aromatic nitrogens is 1. The molecule has 15 heavy (non-hydrogen) atoms. The van der Waals surface area contributed by atoms with Gasteiger partial charge in [0.25, 0.3) is 0 Å². The average Bonchev–Trinajstić information content (AvgIpc) is 2.62. The van der Waals surface area contributed by atoms with Gasteiger partial charge in [0.05, 0.1) is 5.52 Å². The van der Waals surface area contributed by atoms with Gasteiger partial charge in [-0.15, -0.1) is 11.6 Å². The minimum atomic E-state index is 0.219. The van der Waals surface area contributed by atoms with Crippen LogP contribution in [0, 0.1) is 0 Å². The van der Waals surface area contributed by atoms with Gasteiger partial charge in [-0.3, -0.25) is 0 Å². The molecule has 0 amide bonds. The van der Waals surface area contributed by atoms with Gasteiger partial charge in [0, 0.05) is 17.3 Å². The molecule has 0 aliphatic carbocycles. The minimum absolute atomic E-state index is 0.219. The standard InChI is InChI=1S/C11H13ClN2S/c1-8(12)6-7-13-11-9-4-2-3-5-10(9)14-15-11/h2-5,8,13H,6-7H2,1H3. The molecule has 0 saturated heterocycles. The molecule has 1 atom stereocenters. The molecule has 2 aromatic rings. The first-order valence-corrected chi connectivity index (χ1v) is 6.20. The number of alkyl halides is 1. The van der Waals surface area contributed by atoms with Gasteiger partial charge in [-0.05, 0) is 37.0 Å². The molecule has 0 fully saturated rings. The second-order valence-corrected chi connectivity index (χ2v) is 5.04. The lowest BCUT2D eigenvalue weighted by Crippen LogP contribution is -2.05. The van der Waals surface area contributed by atoms with E-state index >= 15 is 0 Å². The number of hydrogen-bond acceptors (Lipinski definition) is 3. The SMILES string of the molecule is CC(Cl)CCNc1snc2ccccc12. The summed E-state index contributed by atoms with van der Waals surface area (Å²) in [5.74, 6) is 0. The summed E-state index contributed by atoms with van der Waals surface area (Å²) in [6.45, 7) is 2.91. The van der Waals surface area contributed by atoms with E-state index in [1.54, 1.807) is 0 Å². The molecule has 1 aromatic carbocycles. The first-order chi connectivity index (χ1) is 7.27. The molecule has 80 valence electrons. The van der Waals surface area contributed by atoms with Crippen LogP contribution in [0.1, 0.15) is 13.3 Å². The van der Waals surface area contributed by atoms with Crippen LogP contribution < -0.4 is 5.32 Å². The molecule has 0 bridgehead atoms. The normalized spacial score (nSPS) is 12.9. The van der Waals surface area contributed by atoms with Gasteiger partial charge in [-0.25, -0.2) is 0 Å². The summed E-state index contributed by atoms with van der Waals surface area (Å²) in [5, 5.41) is 5.93. The van der Waals surface area contributed by atoms with Gasteiger partial charge in [0.2, 0.25) is 0 Å². The van der Waals surface area contributed by atoms with Crippen molar-refractivity contribution in [1.82, 2.24) is 4.37 Å². The average molecular weight is 241 g/mol. The fourth-order valence-electron chi connectivity index (χ4n) is 1.40. The summed E-state index contributed by atoms with van der Waals surface area (Å²) >= 11 is 7.39. The second-order valence-electron chi connectivity index (χ2n) is 3.53. The zero-order chi connectivity index (χ0) is 10.7. The molecular formula is C11H13ClN2S. The maximum Gasteiger partial charge on any atom is 0.117 e. The van der Waals surface area contributed by atoms with Crippen molar-refractivity contribution in [1.29, 1.82) is 0 Å². The van der Waals surface area contributed by atoms with Crippen LogP contribution in [0.15, 0.2) is 24.3 Å². The maximum absolute atomic E-state index is 5.88. The van der Waals surface area contributed by atoms with Crippen molar-refractivity contribution < 1.29 is 0 Å². The Balaban J connectivity index is 2.08. The molecule has 0 radical (unpaired) electrons. The van der Waals surface area contributed by atoms with Crippen molar-refractivity contribution in [3.05, 3.63) is 24.3 Å². The number of rotatable bonds is 4. The molecule has 4 heteroatoms. The van der Waals surface area contributed by atoms with Gasteiger partial charge in [-0.1, -0.05) is 12.1 Å². The number of fused-ring (bicyclic) bond motifs is 1. The Morgan fingerprint density at radius 1 is 1.47 bits per heavy atom. The molecule has 0 saturated carbocycles. The highest BCUT2D eigenvalue weighted by Gasteiger charge is 2.04. The van der Waals surface area contributed by atoms with E-state index in [4.69, 9.17) is 11.6 Å². The van der Waals surface area contributed by atoms with E-state index < -0.39 is 0 Å². The molecule has 1 aromatic heterocycles. The number of hydrogen-bond donors (Lipinski definition) is 1. The molecule has 1 N–H and O–H groups in total. The Hall–Kier alpha value is -0.800. The van der Waals surface area contributed by atoms with Crippen LogP contribution >= 0.6 is 23.1 Å². The summed E-state index contributed by atoms with van der Waals surface area (Å²) in [6, 6.07) is 8.16. The Bertz CT molecular complexity index is 439. The predicted octanol–water partition coefficient (Wildman–Crippen LogP) is 3.73. The van der Waals surface area contributed by atoms with Crippen LogP contribution in [0.4, 0.5) is 5.00 Å². The lowest BCUT2D eigenvalue weighted by molar-refractivity contribution is 0.845. The topological polar surface area (TPSA) is 24.9 Å². The molecule has 0 spiro atoms. The lowest BCUT2D eigenvalue weighted by atomic mass is 10.2. The summed E-state index contributed by atoms with van der Waals surface area (Å²) in [5.41, 5.74) is 1.06. The second kappa shape index (κ2) is 4.81. The smallest absolute Gasteiger partial charge is 0.117 e. The van der Waals surface area contributed by atoms with E-state index in [0.29, 0.717) is 0 Å². The summed E-state index contributed by atoms with van der Waals surface area (Å²) < 4.78 is 4.36. The molecule has 0 aliphatic rings. The van der Waals surface area contributed by atoms with Gasteiger partial charge in [-0.2, -0.15) is 4.37 Å². The van der Waals surface area contributed by atoms with Crippen LogP contribution in [0.25, 0.3) is 10.9 Å². The van der Waals surface area contributed by atoms with Gasteiger partial charge < -0.3 is 5.32 Å². The highest BCUT2D eigenvalue weighted by Crippen LogP contribution is 2.27. The number of nitrogens with zero attached hydrogens (tertiary/aromatic N) is 1. The number of anilines is 1. The molecule has 2 nitrogen and oxygen atoms in total. The van der Waals surface area contributed by atoms with Crippen molar-refractivity contribution >= 4 is 39.0 Å². The monoisotopic (exact) mass is 240 g/mol. The van der Waals surface area contributed by atoms with Gasteiger partial charge in [0.15, 0.2) is 0 Å². The van der Waals surface area contributed by atoms with Crippen molar-refractivity contribution in [3.8, 4) is 0 Å². The molecule has 0 aliphatic heterocycles. The van der Waals surface area contributed by atoms with Crippen LogP contribution in [-0.2, 0) is 0 Å². The van der Waals surface area contributed by atoms with Crippen LogP contribution in [-0.4, -0.2) is 16.3 Å². The van der Waals surface area contributed by atoms with E-state index in [1.165, 1.54) is 16.9 Å². The molecule has 1 unspecified atom stereocenters. The number of nitrogens with one attached hydrogen (secondary N) is 1. The van der Waals surface area contributed by atoms with Crippen molar-refractivity contribution in [2.45, 2.75) is 18.7 Å². The van der Waals surface area contributed by atoms with Crippen molar-refractivity contribution in [2.24, 2.45) is 0 Å². The lowest BCUT2D eigenvalue weighted by Gasteiger charge is -2.04. The fourth-order valence-corrected chi connectivity index (χ4v) is 2.30.